The number of aromatic nitrogens is 2. The molecule has 0 bridgehead atoms. The number of nitrogens with zero attached hydrogens (tertiary/aromatic N) is 3. The molecule has 2 aromatic rings. The molecule has 4 nitrogen and oxygen atoms in total. The van der Waals surface area contributed by atoms with Crippen LogP contribution < -0.4 is 0 Å². The first-order valence-electron chi connectivity index (χ1n) is 6.85. The van der Waals surface area contributed by atoms with Crippen molar-refractivity contribution in [3.8, 4) is 0 Å². The first kappa shape index (κ1) is 15.4. The van der Waals surface area contributed by atoms with E-state index < -0.39 is 0 Å². The topological polar surface area (TPSA) is 46.1 Å². The lowest BCUT2D eigenvalue weighted by Gasteiger charge is -2.21. The van der Waals surface area contributed by atoms with E-state index in [2.05, 4.69) is 9.97 Å². The third-order valence-corrected chi connectivity index (χ3v) is 3.50. The van der Waals surface area contributed by atoms with Crippen LogP contribution in [0.15, 0.2) is 30.5 Å². The summed E-state index contributed by atoms with van der Waals surface area (Å²) in [6.45, 7) is 6.75. The van der Waals surface area contributed by atoms with Gasteiger partial charge in [0.15, 0.2) is 0 Å². The molecule has 0 aliphatic rings. The van der Waals surface area contributed by atoms with Gasteiger partial charge in [-0.3, -0.25) is 14.8 Å². The van der Waals surface area contributed by atoms with Crippen molar-refractivity contribution >= 4 is 17.5 Å². The van der Waals surface area contributed by atoms with Gasteiger partial charge < -0.3 is 4.90 Å². The molecule has 21 heavy (non-hydrogen) atoms. The normalized spacial score (nSPS) is 10.5. The van der Waals surface area contributed by atoms with Crippen molar-refractivity contribution in [2.45, 2.75) is 27.3 Å². The largest absolute Gasteiger partial charge is 0.333 e. The smallest absolute Gasteiger partial charge is 0.257 e. The molecule has 5 heteroatoms. The molecule has 2 rings (SSSR count). The number of hydrogen-bond donors (Lipinski definition) is 0. The Morgan fingerprint density at radius 2 is 2.05 bits per heavy atom. The highest BCUT2D eigenvalue weighted by Crippen LogP contribution is 2.18. The molecule has 0 saturated carbocycles. The molecule has 0 aliphatic heterocycles. The van der Waals surface area contributed by atoms with Gasteiger partial charge in [0, 0.05) is 24.1 Å². The van der Waals surface area contributed by atoms with Gasteiger partial charge in [0.05, 0.1) is 22.8 Å². The molecular weight excluding hydrogens is 286 g/mol. The zero-order valence-electron chi connectivity index (χ0n) is 12.4. The lowest BCUT2D eigenvalue weighted by atomic mass is 10.2. The fourth-order valence-corrected chi connectivity index (χ4v) is 2.35. The summed E-state index contributed by atoms with van der Waals surface area (Å²) in [5.74, 6) is -0.127. The van der Waals surface area contributed by atoms with Gasteiger partial charge >= 0.3 is 0 Å². The van der Waals surface area contributed by atoms with Gasteiger partial charge in [-0.05, 0) is 39.0 Å². The molecule has 0 atom stereocenters. The van der Waals surface area contributed by atoms with Crippen LogP contribution in [0.2, 0.25) is 5.02 Å². The Morgan fingerprint density at radius 3 is 2.67 bits per heavy atom. The van der Waals surface area contributed by atoms with Gasteiger partial charge in [-0.25, -0.2) is 0 Å². The Hall–Kier alpha value is -1.94. The number of amides is 1. The molecule has 2 heterocycles. The van der Waals surface area contributed by atoms with Crippen LogP contribution in [0.3, 0.4) is 0 Å². The van der Waals surface area contributed by atoms with E-state index in [9.17, 15) is 4.79 Å². The molecule has 0 aliphatic carbocycles. The average molecular weight is 304 g/mol. The second kappa shape index (κ2) is 6.68. The maximum Gasteiger partial charge on any atom is 0.257 e. The van der Waals surface area contributed by atoms with Crippen LogP contribution in [0.5, 0.6) is 0 Å². The Labute approximate surface area is 129 Å². The first-order chi connectivity index (χ1) is 10.0. The molecule has 0 spiro atoms. The van der Waals surface area contributed by atoms with Gasteiger partial charge in [0.2, 0.25) is 0 Å². The summed E-state index contributed by atoms with van der Waals surface area (Å²) in [6.07, 6.45) is 1.53. The van der Waals surface area contributed by atoms with Crippen LogP contribution in [-0.4, -0.2) is 27.3 Å². The van der Waals surface area contributed by atoms with Gasteiger partial charge in [-0.1, -0.05) is 17.7 Å². The monoisotopic (exact) mass is 303 g/mol. The lowest BCUT2D eigenvalue weighted by molar-refractivity contribution is 0.0750. The lowest BCUT2D eigenvalue weighted by Crippen LogP contribution is -2.31. The summed E-state index contributed by atoms with van der Waals surface area (Å²) in [4.78, 5) is 22.9. The fraction of sp³-hybridized carbons (Fsp3) is 0.312. The predicted octanol–water partition coefficient (Wildman–Crippen LogP) is 3.41. The predicted molar refractivity (Wildman–Crippen MR) is 83.4 cm³/mol. The van der Waals surface area contributed by atoms with E-state index in [1.165, 1.54) is 6.20 Å². The van der Waals surface area contributed by atoms with Crippen LogP contribution in [0, 0.1) is 13.8 Å². The zero-order chi connectivity index (χ0) is 15.4. The second-order valence-corrected chi connectivity index (χ2v) is 5.30. The molecule has 0 aromatic carbocycles. The van der Waals surface area contributed by atoms with Crippen LogP contribution in [0.1, 0.15) is 34.4 Å². The fourth-order valence-electron chi connectivity index (χ4n) is 2.06. The van der Waals surface area contributed by atoms with Crippen LogP contribution in [-0.2, 0) is 6.54 Å². The molecule has 0 N–H and O–H groups in total. The Bertz CT molecular complexity index is 658. The number of aryl methyl sites for hydroxylation is 2. The van der Waals surface area contributed by atoms with Gasteiger partial charge in [0.25, 0.3) is 5.91 Å². The maximum atomic E-state index is 12.6. The summed E-state index contributed by atoms with van der Waals surface area (Å²) in [6, 6.07) is 7.49. The molecule has 0 fully saturated rings. The second-order valence-electron chi connectivity index (χ2n) is 4.90. The number of carbonyl (C=O) groups excluding carboxylic acids is 1. The van der Waals surface area contributed by atoms with Gasteiger partial charge in [0.1, 0.15) is 0 Å². The Kier molecular flexibility index (Phi) is 4.91. The molecule has 2 aromatic heterocycles. The Morgan fingerprint density at radius 1 is 1.29 bits per heavy atom. The third kappa shape index (κ3) is 3.79. The quantitative estimate of drug-likeness (QED) is 0.869. The van der Waals surface area contributed by atoms with Crippen molar-refractivity contribution in [2.75, 3.05) is 6.54 Å². The van der Waals surface area contributed by atoms with Crippen molar-refractivity contribution in [3.63, 3.8) is 0 Å². The van der Waals surface area contributed by atoms with Crippen molar-refractivity contribution in [2.24, 2.45) is 0 Å². The highest BCUT2D eigenvalue weighted by molar-refractivity contribution is 6.33. The number of pyridine rings is 2. The highest BCUT2D eigenvalue weighted by atomic mass is 35.5. The Balaban J connectivity index is 2.22. The van der Waals surface area contributed by atoms with Gasteiger partial charge in [-0.2, -0.15) is 0 Å². The minimum absolute atomic E-state index is 0.127. The summed E-state index contributed by atoms with van der Waals surface area (Å²) in [5.41, 5.74) is 3.02. The van der Waals surface area contributed by atoms with Crippen LogP contribution in [0.25, 0.3) is 0 Å². The highest BCUT2D eigenvalue weighted by Gasteiger charge is 2.18. The zero-order valence-corrected chi connectivity index (χ0v) is 13.2. The summed E-state index contributed by atoms with van der Waals surface area (Å²) >= 11 is 6.15. The van der Waals surface area contributed by atoms with Crippen LogP contribution in [0.4, 0.5) is 0 Å². The number of hydrogen-bond acceptors (Lipinski definition) is 3. The van der Waals surface area contributed by atoms with Crippen molar-refractivity contribution in [1.29, 1.82) is 0 Å². The molecule has 0 unspecified atom stereocenters. The number of rotatable bonds is 4. The molecule has 0 radical (unpaired) electrons. The van der Waals surface area contributed by atoms with E-state index in [0.29, 0.717) is 23.7 Å². The minimum Gasteiger partial charge on any atom is -0.333 e. The SMILES string of the molecule is CCN(Cc1cccc(C)n1)C(=O)c1cnc(C)cc1Cl. The average Bonchev–Trinajstić information content (AvgIpc) is 2.44. The maximum absolute atomic E-state index is 12.6. The van der Waals surface area contributed by atoms with Crippen LogP contribution >= 0.6 is 11.6 Å². The number of carbonyl (C=O) groups is 1. The number of halogens is 1. The summed E-state index contributed by atoms with van der Waals surface area (Å²) in [7, 11) is 0. The molecular formula is C16H18ClN3O. The van der Waals surface area contributed by atoms with E-state index in [1.54, 1.807) is 11.0 Å². The third-order valence-electron chi connectivity index (χ3n) is 3.19. The summed E-state index contributed by atoms with van der Waals surface area (Å²) in [5, 5.41) is 0.433. The van der Waals surface area contributed by atoms with E-state index >= 15 is 0 Å². The first-order valence-corrected chi connectivity index (χ1v) is 7.23. The van der Waals surface area contributed by atoms with E-state index in [4.69, 9.17) is 11.6 Å². The van der Waals surface area contributed by atoms with Gasteiger partial charge in [-0.15, -0.1) is 0 Å². The van der Waals surface area contributed by atoms with Crippen molar-refractivity contribution in [1.82, 2.24) is 14.9 Å². The molecule has 110 valence electrons. The summed E-state index contributed by atoms with van der Waals surface area (Å²) < 4.78 is 0. The van der Waals surface area contributed by atoms with E-state index in [-0.39, 0.29) is 5.91 Å². The van der Waals surface area contributed by atoms with Crippen molar-refractivity contribution < 1.29 is 4.79 Å². The molecule has 0 saturated heterocycles. The van der Waals surface area contributed by atoms with Crippen molar-refractivity contribution in [3.05, 3.63) is 58.1 Å². The molecule has 1 amide bonds. The minimum atomic E-state index is -0.127. The standard InChI is InChI=1S/C16H18ClN3O/c1-4-20(10-13-7-5-6-11(2)19-13)16(21)14-9-18-12(3)8-15(14)17/h5-9H,4,10H2,1-3H3. The van der Waals surface area contributed by atoms with E-state index in [1.807, 2.05) is 39.0 Å². The van der Waals surface area contributed by atoms with E-state index in [0.717, 1.165) is 17.1 Å².